The summed E-state index contributed by atoms with van der Waals surface area (Å²) in [5, 5.41) is 9.23. The lowest BCUT2D eigenvalue weighted by Crippen LogP contribution is -2.22. The predicted octanol–water partition coefficient (Wildman–Crippen LogP) is 4.13. The van der Waals surface area contributed by atoms with Crippen molar-refractivity contribution in [3.8, 4) is 11.8 Å². The molecule has 0 spiro atoms. The molecule has 2 aromatic rings. The Morgan fingerprint density at radius 2 is 1.96 bits per heavy atom. The summed E-state index contributed by atoms with van der Waals surface area (Å²) in [6.45, 7) is 4.07. The maximum Gasteiger partial charge on any atom is 0.264 e. The van der Waals surface area contributed by atoms with Crippen molar-refractivity contribution < 1.29 is 13.9 Å². The van der Waals surface area contributed by atoms with Gasteiger partial charge >= 0.3 is 0 Å². The maximum absolute atomic E-state index is 13.0. The van der Waals surface area contributed by atoms with Gasteiger partial charge < -0.3 is 9.64 Å². The van der Waals surface area contributed by atoms with Gasteiger partial charge in [0, 0.05) is 14.1 Å². The van der Waals surface area contributed by atoms with Gasteiger partial charge in [0.2, 0.25) is 0 Å². The molecular weight excluding hydrogens is 343 g/mol. The van der Waals surface area contributed by atoms with Gasteiger partial charge in [0.25, 0.3) is 5.91 Å². The average Bonchev–Trinajstić information content (AvgIpc) is 2.66. The van der Waals surface area contributed by atoms with Crippen LogP contribution in [-0.4, -0.2) is 24.9 Å². The Morgan fingerprint density at radius 3 is 2.56 bits per heavy atom. The smallest absolute Gasteiger partial charge is 0.264 e. The number of carbonyl (C=O) groups excluding carboxylic acids is 1. The highest BCUT2D eigenvalue weighted by Gasteiger charge is 2.12. The summed E-state index contributed by atoms with van der Waals surface area (Å²) in [5.74, 6) is 0.0380. The van der Waals surface area contributed by atoms with E-state index in [-0.39, 0.29) is 17.3 Å². The zero-order chi connectivity index (χ0) is 19.8. The topological polar surface area (TPSA) is 53.3 Å². The summed E-state index contributed by atoms with van der Waals surface area (Å²) < 4.78 is 18.8. The molecule has 0 aliphatic rings. The van der Waals surface area contributed by atoms with Crippen molar-refractivity contribution in [1.29, 1.82) is 5.26 Å². The van der Waals surface area contributed by atoms with E-state index in [0.29, 0.717) is 18.8 Å². The van der Waals surface area contributed by atoms with Crippen LogP contribution in [0.5, 0.6) is 5.75 Å². The molecule has 0 radical (unpaired) electrons. The monoisotopic (exact) mass is 364 g/mol. The summed E-state index contributed by atoms with van der Waals surface area (Å²) in [4.78, 5) is 13.4. The van der Waals surface area contributed by atoms with Gasteiger partial charge in [0.1, 0.15) is 29.8 Å². The molecule has 2 aromatic carbocycles. The number of carbonyl (C=O) groups is 1. The first-order valence-electron chi connectivity index (χ1n) is 8.39. The largest absolute Gasteiger partial charge is 0.489 e. The van der Waals surface area contributed by atoms with Crippen LogP contribution in [0.2, 0.25) is 0 Å². The van der Waals surface area contributed by atoms with Gasteiger partial charge in [-0.3, -0.25) is 4.79 Å². The van der Waals surface area contributed by atoms with Gasteiger partial charge in [-0.2, -0.15) is 5.26 Å². The number of nitrogens with zero attached hydrogens (tertiary/aromatic N) is 2. The third-order valence-electron chi connectivity index (χ3n) is 3.82. The zero-order valence-electron chi connectivity index (χ0n) is 15.4. The van der Waals surface area contributed by atoms with Gasteiger partial charge in [-0.05, 0) is 53.5 Å². The minimum atomic E-state index is -0.348. The predicted molar refractivity (Wildman–Crippen MR) is 103 cm³/mol. The number of ether oxygens (including phenoxy) is 1. The Kier molecular flexibility index (Phi) is 6.90. The summed E-state index contributed by atoms with van der Waals surface area (Å²) in [5.41, 5.74) is 2.53. The van der Waals surface area contributed by atoms with E-state index in [0.717, 1.165) is 16.7 Å². The van der Waals surface area contributed by atoms with Gasteiger partial charge in [-0.15, -0.1) is 6.58 Å². The van der Waals surface area contributed by atoms with Crippen LogP contribution < -0.4 is 4.74 Å². The molecule has 0 aromatic heterocycles. The maximum atomic E-state index is 13.0. The molecule has 27 heavy (non-hydrogen) atoms. The van der Waals surface area contributed by atoms with Crippen molar-refractivity contribution in [2.75, 3.05) is 14.1 Å². The zero-order valence-corrected chi connectivity index (χ0v) is 15.4. The Bertz CT molecular complexity index is 894. The van der Waals surface area contributed by atoms with E-state index in [2.05, 4.69) is 6.58 Å². The second-order valence-corrected chi connectivity index (χ2v) is 6.14. The molecule has 4 nitrogen and oxygen atoms in total. The SMILES string of the molecule is C=CCc1cc(/C=C(/C#N)C(=O)N(C)C)ccc1OCc1ccc(F)cc1. The first-order chi connectivity index (χ1) is 12.9. The fourth-order valence-corrected chi connectivity index (χ4v) is 2.44. The van der Waals surface area contributed by atoms with Crippen molar-refractivity contribution in [1.82, 2.24) is 4.90 Å². The molecule has 0 unspecified atom stereocenters. The van der Waals surface area contributed by atoms with Crippen LogP contribution in [0.25, 0.3) is 6.08 Å². The molecular formula is C22H21FN2O2. The standard InChI is InChI=1S/C22H21FN2O2/c1-4-5-18-12-17(13-19(14-24)22(26)25(2)3)8-11-21(18)27-15-16-6-9-20(23)10-7-16/h4,6-13H,1,5,15H2,2-3H3/b19-13-. The quantitative estimate of drug-likeness (QED) is 0.422. The molecule has 0 saturated heterocycles. The Balaban J connectivity index is 2.25. The molecule has 5 heteroatoms. The van der Waals surface area contributed by atoms with Crippen LogP contribution >= 0.6 is 0 Å². The number of likely N-dealkylation sites (N-methyl/N-ethyl adjacent to an activating group) is 1. The van der Waals surface area contributed by atoms with E-state index < -0.39 is 0 Å². The van der Waals surface area contributed by atoms with Crippen molar-refractivity contribution in [3.63, 3.8) is 0 Å². The van der Waals surface area contributed by atoms with Gasteiger partial charge in [0.05, 0.1) is 0 Å². The van der Waals surface area contributed by atoms with Crippen molar-refractivity contribution >= 4 is 12.0 Å². The van der Waals surface area contributed by atoms with Crippen molar-refractivity contribution in [2.45, 2.75) is 13.0 Å². The lowest BCUT2D eigenvalue weighted by Gasteiger charge is -2.12. The highest BCUT2D eigenvalue weighted by molar-refractivity contribution is 6.01. The minimum Gasteiger partial charge on any atom is -0.489 e. The minimum absolute atomic E-state index is 0.0598. The first kappa shape index (κ1) is 19.9. The van der Waals surface area contributed by atoms with E-state index >= 15 is 0 Å². The fraction of sp³-hybridized carbons (Fsp3) is 0.182. The second-order valence-electron chi connectivity index (χ2n) is 6.14. The molecule has 0 atom stereocenters. The highest BCUT2D eigenvalue weighted by Crippen LogP contribution is 2.24. The lowest BCUT2D eigenvalue weighted by molar-refractivity contribution is -0.124. The first-order valence-corrected chi connectivity index (χ1v) is 8.39. The van der Waals surface area contributed by atoms with E-state index in [1.165, 1.54) is 17.0 Å². The number of benzene rings is 2. The lowest BCUT2D eigenvalue weighted by atomic mass is 10.0. The molecule has 0 N–H and O–H groups in total. The van der Waals surface area contributed by atoms with Gasteiger partial charge in [-0.25, -0.2) is 4.39 Å². The number of allylic oxidation sites excluding steroid dienone is 1. The Labute approximate surface area is 158 Å². The summed E-state index contributed by atoms with van der Waals surface area (Å²) in [7, 11) is 3.20. The molecule has 138 valence electrons. The van der Waals surface area contributed by atoms with Crippen LogP contribution in [-0.2, 0) is 17.8 Å². The molecule has 0 bridgehead atoms. The summed E-state index contributed by atoms with van der Waals surface area (Å²) >= 11 is 0. The third-order valence-corrected chi connectivity index (χ3v) is 3.82. The molecule has 2 rings (SSSR count). The third kappa shape index (κ3) is 5.55. The Morgan fingerprint density at radius 1 is 1.26 bits per heavy atom. The van der Waals surface area contributed by atoms with Crippen molar-refractivity contribution in [2.24, 2.45) is 0 Å². The Hall–Kier alpha value is -3.39. The van der Waals surface area contributed by atoms with E-state index in [4.69, 9.17) is 4.74 Å². The number of hydrogen-bond donors (Lipinski definition) is 0. The molecule has 0 heterocycles. The van der Waals surface area contributed by atoms with Gasteiger partial charge in [0.15, 0.2) is 0 Å². The van der Waals surface area contributed by atoms with Crippen molar-refractivity contribution in [3.05, 3.63) is 83.2 Å². The molecule has 0 saturated carbocycles. The molecule has 0 aliphatic carbocycles. The molecule has 0 aliphatic heterocycles. The van der Waals surface area contributed by atoms with Crippen LogP contribution in [0.1, 0.15) is 16.7 Å². The summed E-state index contributed by atoms with van der Waals surface area (Å²) in [6, 6.07) is 13.5. The van der Waals surface area contributed by atoms with E-state index in [1.807, 2.05) is 12.1 Å². The molecule has 1 amide bonds. The number of hydrogen-bond acceptors (Lipinski definition) is 3. The van der Waals surface area contributed by atoms with Crippen LogP contribution in [0.3, 0.4) is 0 Å². The number of amides is 1. The fourth-order valence-electron chi connectivity index (χ4n) is 2.44. The van der Waals surface area contributed by atoms with Crippen LogP contribution in [0.15, 0.2) is 60.7 Å². The molecule has 0 fully saturated rings. The number of halogens is 1. The van der Waals surface area contributed by atoms with E-state index in [9.17, 15) is 14.4 Å². The van der Waals surface area contributed by atoms with E-state index in [1.54, 1.807) is 50.5 Å². The van der Waals surface area contributed by atoms with Crippen LogP contribution in [0.4, 0.5) is 4.39 Å². The number of rotatable bonds is 7. The summed E-state index contributed by atoms with van der Waals surface area (Å²) in [6.07, 6.45) is 3.88. The van der Waals surface area contributed by atoms with Gasteiger partial charge in [-0.1, -0.05) is 24.3 Å². The van der Waals surface area contributed by atoms with Crippen LogP contribution in [0, 0.1) is 17.1 Å². The highest BCUT2D eigenvalue weighted by atomic mass is 19.1. The second kappa shape index (κ2) is 9.35. The average molecular weight is 364 g/mol. The normalized spacial score (nSPS) is 10.8. The number of nitriles is 1.